The number of pyridine rings is 2. The summed E-state index contributed by atoms with van der Waals surface area (Å²) in [5, 5.41) is -0.665. The summed E-state index contributed by atoms with van der Waals surface area (Å²) in [6.45, 7) is 2.15. The maximum atomic E-state index is 14.7. The molecule has 3 N–H and O–H groups in total. The highest BCUT2D eigenvalue weighted by Crippen LogP contribution is 2.48. The van der Waals surface area contributed by atoms with Crippen LogP contribution in [0.15, 0.2) is 23.3 Å². The highest BCUT2D eigenvalue weighted by molar-refractivity contribution is 6.30. The number of rotatable bonds is 4. The van der Waals surface area contributed by atoms with Crippen molar-refractivity contribution in [2.24, 2.45) is 5.73 Å². The van der Waals surface area contributed by atoms with E-state index in [0.29, 0.717) is 12.8 Å². The summed E-state index contributed by atoms with van der Waals surface area (Å²) < 4.78 is 35.7. The third-order valence-electron chi connectivity index (χ3n) is 7.51. The summed E-state index contributed by atoms with van der Waals surface area (Å²) >= 11 is 5.74. The second-order valence-electron chi connectivity index (χ2n) is 9.57. The number of hydroxylamine groups is 1. The summed E-state index contributed by atoms with van der Waals surface area (Å²) in [4.78, 5) is 49.3. The van der Waals surface area contributed by atoms with Gasteiger partial charge in [0.25, 0.3) is 11.8 Å². The summed E-state index contributed by atoms with van der Waals surface area (Å²) in [5.41, 5.74) is 5.16. The highest BCUT2D eigenvalue weighted by Gasteiger charge is 2.58. The Morgan fingerprint density at radius 3 is 2.86 bits per heavy atom. The number of nitrogens with zero attached hydrogens (tertiary/aromatic N) is 3. The van der Waals surface area contributed by atoms with Crippen molar-refractivity contribution in [1.29, 1.82) is 0 Å². The Bertz CT molecular complexity index is 1340. The van der Waals surface area contributed by atoms with Crippen LogP contribution >= 0.6 is 11.6 Å². The Hall–Kier alpha value is -2.93. The number of carbonyl (C=O) groups excluding carboxylic acids is 2. The largest absolute Gasteiger partial charge is 0.365 e. The van der Waals surface area contributed by atoms with Crippen LogP contribution in [-0.2, 0) is 16.0 Å². The maximum Gasteiger partial charge on any atom is 0.270 e. The normalized spacial score (nSPS) is 29.4. The number of nitrogens with one attached hydrogen (secondary N) is 1. The Labute approximate surface area is 209 Å². The van der Waals surface area contributed by atoms with Crippen LogP contribution in [0.25, 0.3) is 0 Å². The number of halogens is 3. The molecule has 3 aliphatic rings. The SMILES string of the molecule is COC1(Cc2ncc(F)c(Cl)c2F)CC2(CCC(C)N3CC2n2cc(C(N)=O)c(=O)cc2C3=O)ON1. The second-order valence-corrected chi connectivity index (χ2v) is 9.95. The molecule has 2 fully saturated rings. The molecule has 4 unspecified atom stereocenters. The van der Waals surface area contributed by atoms with Crippen LogP contribution in [0, 0.1) is 11.6 Å². The van der Waals surface area contributed by atoms with E-state index < -0.39 is 45.4 Å². The van der Waals surface area contributed by atoms with Crippen molar-refractivity contribution in [1.82, 2.24) is 19.9 Å². The molecule has 0 radical (unpaired) electrons. The number of methoxy groups -OCH3 is 1. The van der Waals surface area contributed by atoms with Gasteiger partial charge in [-0.15, -0.1) is 0 Å². The summed E-state index contributed by atoms with van der Waals surface area (Å²) in [6.07, 6.45) is 3.23. The summed E-state index contributed by atoms with van der Waals surface area (Å²) in [6, 6.07) is 0.433. The van der Waals surface area contributed by atoms with Gasteiger partial charge in [-0.3, -0.25) is 24.2 Å². The Kier molecular flexibility index (Phi) is 5.90. The fourth-order valence-electron chi connectivity index (χ4n) is 5.48. The molecule has 3 aliphatic heterocycles. The number of fused-ring (bicyclic) bond motifs is 5. The molecular formula is C23H24ClF2N5O5. The van der Waals surface area contributed by atoms with E-state index in [0.717, 1.165) is 12.3 Å². The molecular weight excluding hydrogens is 500 g/mol. The lowest BCUT2D eigenvalue weighted by molar-refractivity contribution is -0.125. The van der Waals surface area contributed by atoms with Crippen molar-refractivity contribution in [2.45, 2.75) is 56.0 Å². The molecule has 0 saturated carbocycles. The van der Waals surface area contributed by atoms with Gasteiger partial charge in [-0.05, 0) is 19.8 Å². The first-order valence-electron chi connectivity index (χ1n) is 11.4. The topological polar surface area (TPSA) is 129 Å². The van der Waals surface area contributed by atoms with Crippen LogP contribution in [-0.4, -0.2) is 57.3 Å². The maximum absolute atomic E-state index is 14.7. The van der Waals surface area contributed by atoms with Gasteiger partial charge in [-0.1, -0.05) is 11.6 Å². The lowest BCUT2D eigenvalue weighted by atomic mass is 9.81. The van der Waals surface area contributed by atoms with E-state index in [1.807, 2.05) is 6.92 Å². The third-order valence-corrected chi connectivity index (χ3v) is 7.86. The van der Waals surface area contributed by atoms with E-state index in [-0.39, 0.29) is 48.3 Å². The minimum absolute atomic E-state index is 0.112. The van der Waals surface area contributed by atoms with Crippen molar-refractivity contribution in [3.05, 3.63) is 62.3 Å². The van der Waals surface area contributed by atoms with Gasteiger partial charge in [0, 0.05) is 44.8 Å². The van der Waals surface area contributed by atoms with Gasteiger partial charge in [0.15, 0.2) is 17.1 Å². The zero-order chi connectivity index (χ0) is 26.0. The average Bonchev–Trinajstić information content (AvgIpc) is 3.17. The molecule has 0 aromatic carbocycles. The van der Waals surface area contributed by atoms with Crippen molar-refractivity contribution < 1.29 is 27.9 Å². The molecule has 10 nitrogen and oxygen atoms in total. The summed E-state index contributed by atoms with van der Waals surface area (Å²) in [5.74, 6) is -3.21. The van der Waals surface area contributed by atoms with Crippen LogP contribution in [0.4, 0.5) is 8.78 Å². The van der Waals surface area contributed by atoms with E-state index in [1.54, 1.807) is 9.47 Å². The predicted octanol–water partition coefficient (Wildman–Crippen LogP) is 1.70. The first kappa shape index (κ1) is 24.8. The standard InChI is InChI=1S/C23H24ClF2N5O5/c1-11-3-4-22(10-23(35-2,29-36-22)6-14-19(26)18(24)13(25)7-28-14)17-9-30(11)21(34)15-5-16(32)12(20(27)33)8-31(15)17/h5,7-8,11,17,29H,3-4,6,9-10H2,1-2H3,(H2,27,33). The number of primary amides is 1. The Morgan fingerprint density at radius 2 is 2.17 bits per heavy atom. The zero-order valence-corrected chi connectivity index (χ0v) is 20.3. The van der Waals surface area contributed by atoms with Gasteiger partial charge in [0.05, 0.1) is 17.9 Å². The fraction of sp³-hybridized carbons (Fsp3) is 0.478. The molecule has 13 heteroatoms. The lowest BCUT2D eigenvalue weighted by Gasteiger charge is -2.42. The van der Waals surface area contributed by atoms with Crippen molar-refractivity contribution >= 4 is 23.4 Å². The smallest absolute Gasteiger partial charge is 0.270 e. The predicted molar refractivity (Wildman–Crippen MR) is 122 cm³/mol. The fourth-order valence-corrected chi connectivity index (χ4v) is 5.63. The minimum Gasteiger partial charge on any atom is -0.365 e. The number of hydrogen-bond acceptors (Lipinski definition) is 7. The van der Waals surface area contributed by atoms with E-state index in [1.165, 1.54) is 13.3 Å². The lowest BCUT2D eigenvalue weighted by Crippen LogP contribution is -2.52. The van der Waals surface area contributed by atoms with Crippen LogP contribution < -0.4 is 16.6 Å². The molecule has 4 atom stereocenters. The number of carbonyl (C=O) groups is 2. The Morgan fingerprint density at radius 1 is 1.42 bits per heavy atom. The van der Waals surface area contributed by atoms with E-state index in [4.69, 9.17) is 26.9 Å². The first-order chi connectivity index (χ1) is 17.0. The first-order valence-corrected chi connectivity index (χ1v) is 11.7. The number of amides is 2. The van der Waals surface area contributed by atoms with Crippen LogP contribution in [0.2, 0.25) is 5.02 Å². The molecule has 36 heavy (non-hydrogen) atoms. The zero-order valence-electron chi connectivity index (χ0n) is 19.5. The van der Waals surface area contributed by atoms with Gasteiger partial charge < -0.3 is 19.9 Å². The molecule has 2 amide bonds. The third kappa shape index (κ3) is 3.71. The van der Waals surface area contributed by atoms with Gasteiger partial charge in [0.1, 0.15) is 27.6 Å². The van der Waals surface area contributed by atoms with Crippen LogP contribution in [0.1, 0.15) is 58.8 Å². The van der Waals surface area contributed by atoms with Crippen molar-refractivity contribution in [3.8, 4) is 0 Å². The molecule has 5 rings (SSSR count). The molecule has 2 saturated heterocycles. The second kappa shape index (κ2) is 8.58. The highest BCUT2D eigenvalue weighted by atomic mass is 35.5. The molecule has 1 spiro atoms. The molecule has 2 bridgehead atoms. The quantitative estimate of drug-likeness (QED) is 0.624. The number of hydrogen-bond donors (Lipinski definition) is 2. The summed E-state index contributed by atoms with van der Waals surface area (Å²) in [7, 11) is 1.42. The molecule has 2 aromatic rings. The molecule has 0 aliphatic carbocycles. The number of nitrogens with two attached hydrogens (primary N) is 1. The van der Waals surface area contributed by atoms with Crippen molar-refractivity contribution in [2.75, 3.05) is 13.7 Å². The Balaban J connectivity index is 1.59. The number of ether oxygens (including phenoxy) is 1. The molecule has 5 heterocycles. The van der Waals surface area contributed by atoms with E-state index in [9.17, 15) is 23.2 Å². The van der Waals surface area contributed by atoms with E-state index >= 15 is 0 Å². The van der Waals surface area contributed by atoms with Crippen LogP contribution in [0.3, 0.4) is 0 Å². The molecule has 192 valence electrons. The van der Waals surface area contributed by atoms with Gasteiger partial charge in [-0.25, -0.2) is 8.78 Å². The van der Waals surface area contributed by atoms with Gasteiger partial charge in [-0.2, -0.15) is 5.48 Å². The van der Waals surface area contributed by atoms with Gasteiger partial charge in [0.2, 0.25) is 0 Å². The van der Waals surface area contributed by atoms with Gasteiger partial charge >= 0.3 is 0 Å². The number of aromatic nitrogens is 2. The van der Waals surface area contributed by atoms with Crippen LogP contribution in [0.5, 0.6) is 0 Å². The van der Waals surface area contributed by atoms with E-state index in [2.05, 4.69) is 10.5 Å². The average molecular weight is 524 g/mol. The molecule has 2 aromatic heterocycles. The van der Waals surface area contributed by atoms with Crippen molar-refractivity contribution in [3.63, 3.8) is 0 Å². The minimum atomic E-state index is -1.26. The monoisotopic (exact) mass is 523 g/mol.